The van der Waals surface area contributed by atoms with Crippen molar-refractivity contribution in [1.82, 2.24) is 20.0 Å². The normalized spacial score (nSPS) is 14.9. The highest BCUT2D eigenvalue weighted by Crippen LogP contribution is 2.27. The van der Waals surface area contributed by atoms with Crippen molar-refractivity contribution in [2.24, 2.45) is 0 Å². The fourth-order valence-electron chi connectivity index (χ4n) is 3.31. The molecule has 2 amide bonds. The molecule has 1 heterocycles. The number of nitrogens with one attached hydrogen (secondary N) is 1. The van der Waals surface area contributed by atoms with E-state index in [1.807, 2.05) is 18.2 Å². The van der Waals surface area contributed by atoms with Gasteiger partial charge in [0, 0.05) is 53.4 Å². The van der Waals surface area contributed by atoms with Crippen molar-refractivity contribution in [2.45, 2.75) is 6.54 Å². The standard InChI is InChI=1S/C21H34N4O5/c1-23(14-17-5-6-18(29-3)19(13-17)30-4)21(27)16-25-10-8-24(9-11-25)15-20(26)22-7-12-28-2/h5-6,13H,7-12,14-16H2,1-4H3,(H,22,26). The summed E-state index contributed by atoms with van der Waals surface area (Å²) in [5.41, 5.74) is 0.979. The van der Waals surface area contributed by atoms with Gasteiger partial charge < -0.3 is 24.4 Å². The van der Waals surface area contributed by atoms with Crippen LogP contribution in [0.2, 0.25) is 0 Å². The Morgan fingerprint density at radius 3 is 2.23 bits per heavy atom. The number of carbonyl (C=O) groups is 2. The summed E-state index contributed by atoms with van der Waals surface area (Å²) in [4.78, 5) is 30.5. The first-order valence-corrected chi connectivity index (χ1v) is 10.1. The lowest BCUT2D eigenvalue weighted by atomic mass is 10.2. The number of carbonyl (C=O) groups excluding carboxylic acids is 2. The summed E-state index contributed by atoms with van der Waals surface area (Å²) in [6.45, 7) is 5.36. The summed E-state index contributed by atoms with van der Waals surface area (Å²) < 4.78 is 15.5. The summed E-state index contributed by atoms with van der Waals surface area (Å²) in [7, 11) is 6.61. The lowest BCUT2D eigenvalue weighted by Gasteiger charge is -2.34. The van der Waals surface area contributed by atoms with Crippen LogP contribution in [-0.4, -0.2) is 107 Å². The Morgan fingerprint density at radius 2 is 1.63 bits per heavy atom. The molecule has 0 unspecified atom stereocenters. The second-order valence-corrected chi connectivity index (χ2v) is 7.33. The van der Waals surface area contributed by atoms with E-state index in [2.05, 4.69) is 15.1 Å². The minimum atomic E-state index is 0.00577. The highest BCUT2D eigenvalue weighted by molar-refractivity contribution is 5.78. The van der Waals surface area contributed by atoms with Crippen LogP contribution in [0.15, 0.2) is 18.2 Å². The minimum Gasteiger partial charge on any atom is -0.493 e. The molecule has 0 aromatic heterocycles. The quantitative estimate of drug-likeness (QED) is 0.504. The number of methoxy groups -OCH3 is 3. The number of amides is 2. The SMILES string of the molecule is COCCNC(=O)CN1CCN(CC(=O)N(C)Cc2ccc(OC)c(OC)c2)CC1. The lowest BCUT2D eigenvalue weighted by molar-refractivity contribution is -0.132. The van der Waals surface area contributed by atoms with E-state index in [9.17, 15) is 9.59 Å². The van der Waals surface area contributed by atoms with Gasteiger partial charge >= 0.3 is 0 Å². The van der Waals surface area contributed by atoms with Crippen molar-refractivity contribution in [3.8, 4) is 11.5 Å². The van der Waals surface area contributed by atoms with Crippen molar-refractivity contribution >= 4 is 11.8 Å². The number of nitrogens with zero attached hydrogens (tertiary/aromatic N) is 3. The maximum atomic E-state index is 12.6. The molecule has 1 aliphatic heterocycles. The Labute approximate surface area is 178 Å². The molecule has 0 atom stereocenters. The average molecular weight is 423 g/mol. The number of piperazine rings is 1. The zero-order valence-electron chi connectivity index (χ0n) is 18.5. The number of rotatable bonds is 11. The van der Waals surface area contributed by atoms with E-state index < -0.39 is 0 Å². The number of benzene rings is 1. The first-order chi connectivity index (χ1) is 14.5. The molecule has 0 saturated carbocycles. The number of likely N-dealkylation sites (N-methyl/N-ethyl adjacent to an activating group) is 1. The van der Waals surface area contributed by atoms with E-state index in [-0.39, 0.29) is 11.8 Å². The molecule has 1 aromatic carbocycles. The summed E-state index contributed by atoms with van der Waals surface area (Å²) in [6, 6.07) is 5.66. The van der Waals surface area contributed by atoms with Crippen molar-refractivity contribution in [1.29, 1.82) is 0 Å². The van der Waals surface area contributed by atoms with Crippen molar-refractivity contribution in [2.75, 3.05) is 80.8 Å². The monoisotopic (exact) mass is 422 g/mol. The molecule has 0 radical (unpaired) electrons. The topological polar surface area (TPSA) is 83.6 Å². The number of ether oxygens (including phenoxy) is 3. The molecule has 1 saturated heterocycles. The second-order valence-electron chi connectivity index (χ2n) is 7.33. The van der Waals surface area contributed by atoms with Crippen LogP contribution in [0, 0.1) is 0 Å². The molecule has 0 spiro atoms. The fourth-order valence-corrected chi connectivity index (χ4v) is 3.31. The maximum absolute atomic E-state index is 12.6. The van der Waals surface area contributed by atoms with Crippen LogP contribution >= 0.6 is 0 Å². The molecule has 9 heteroatoms. The van der Waals surface area contributed by atoms with Crippen LogP contribution in [0.25, 0.3) is 0 Å². The zero-order valence-corrected chi connectivity index (χ0v) is 18.5. The second kappa shape index (κ2) is 12.4. The number of hydrogen-bond acceptors (Lipinski definition) is 7. The molecule has 1 aliphatic rings. The van der Waals surface area contributed by atoms with Gasteiger partial charge in [-0.3, -0.25) is 19.4 Å². The van der Waals surface area contributed by atoms with Gasteiger partial charge in [-0.15, -0.1) is 0 Å². The molecule has 1 aromatic rings. The largest absolute Gasteiger partial charge is 0.493 e. The maximum Gasteiger partial charge on any atom is 0.236 e. The first kappa shape index (κ1) is 23.9. The smallest absolute Gasteiger partial charge is 0.236 e. The summed E-state index contributed by atoms with van der Waals surface area (Å²) >= 11 is 0. The summed E-state index contributed by atoms with van der Waals surface area (Å²) in [6.07, 6.45) is 0. The Kier molecular flexibility index (Phi) is 9.85. The van der Waals surface area contributed by atoms with Crippen molar-refractivity contribution in [3.63, 3.8) is 0 Å². The van der Waals surface area contributed by atoms with E-state index in [0.717, 1.165) is 31.7 Å². The van der Waals surface area contributed by atoms with Gasteiger partial charge in [0.2, 0.25) is 11.8 Å². The molecular weight excluding hydrogens is 388 g/mol. The third kappa shape index (κ3) is 7.47. The van der Waals surface area contributed by atoms with E-state index in [1.165, 1.54) is 0 Å². The van der Waals surface area contributed by atoms with Crippen LogP contribution in [0.1, 0.15) is 5.56 Å². The van der Waals surface area contributed by atoms with Crippen molar-refractivity contribution < 1.29 is 23.8 Å². The van der Waals surface area contributed by atoms with Gasteiger partial charge in [0.25, 0.3) is 0 Å². The highest BCUT2D eigenvalue weighted by Gasteiger charge is 2.22. The van der Waals surface area contributed by atoms with Crippen LogP contribution in [0.5, 0.6) is 11.5 Å². The lowest BCUT2D eigenvalue weighted by Crippen LogP contribution is -2.51. The van der Waals surface area contributed by atoms with Gasteiger partial charge in [0.1, 0.15) is 0 Å². The van der Waals surface area contributed by atoms with Gasteiger partial charge in [0.05, 0.1) is 33.9 Å². The molecule has 30 heavy (non-hydrogen) atoms. The molecule has 0 aliphatic carbocycles. The summed E-state index contributed by atoms with van der Waals surface area (Å²) in [5, 5.41) is 2.83. The van der Waals surface area contributed by atoms with Crippen LogP contribution in [0.3, 0.4) is 0 Å². The molecule has 1 N–H and O–H groups in total. The van der Waals surface area contributed by atoms with Crippen molar-refractivity contribution in [3.05, 3.63) is 23.8 Å². The third-order valence-electron chi connectivity index (χ3n) is 5.11. The van der Waals surface area contributed by atoms with E-state index in [4.69, 9.17) is 14.2 Å². The Morgan fingerprint density at radius 1 is 1.00 bits per heavy atom. The van der Waals surface area contributed by atoms with E-state index in [1.54, 1.807) is 33.3 Å². The van der Waals surface area contributed by atoms with Gasteiger partial charge in [0.15, 0.2) is 11.5 Å². The van der Waals surface area contributed by atoms with E-state index >= 15 is 0 Å². The first-order valence-electron chi connectivity index (χ1n) is 10.1. The van der Waals surface area contributed by atoms with E-state index in [0.29, 0.717) is 44.3 Å². The number of hydrogen-bond donors (Lipinski definition) is 1. The fraction of sp³-hybridized carbons (Fsp3) is 0.619. The molecular formula is C21H34N4O5. The van der Waals surface area contributed by atoms with Gasteiger partial charge in [-0.1, -0.05) is 6.07 Å². The molecule has 9 nitrogen and oxygen atoms in total. The Balaban J connectivity index is 1.74. The zero-order chi connectivity index (χ0) is 21.9. The average Bonchev–Trinajstić information content (AvgIpc) is 2.75. The van der Waals surface area contributed by atoms with Crippen LogP contribution in [-0.2, 0) is 20.9 Å². The molecule has 0 bridgehead atoms. The minimum absolute atomic E-state index is 0.00577. The molecule has 2 rings (SSSR count). The third-order valence-corrected chi connectivity index (χ3v) is 5.11. The molecule has 1 fully saturated rings. The van der Waals surface area contributed by atoms with Crippen LogP contribution in [0.4, 0.5) is 0 Å². The Bertz CT molecular complexity index is 692. The predicted octanol–water partition coefficient (Wildman–Crippen LogP) is 0.0424. The van der Waals surface area contributed by atoms with Gasteiger partial charge in [-0.25, -0.2) is 0 Å². The van der Waals surface area contributed by atoms with Gasteiger partial charge in [-0.05, 0) is 17.7 Å². The highest BCUT2D eigenvalue weighted by atomic mass is 16.5. The predicted molar refractivity (Wildman–Crippen MR) is 114 cm³/mol. The van der Waals surface area contributed by atoms with Crippen LogP contribution < -0.4 is 14.8 Å². The van der Waals surface area contributed by atoms with Gasteiger partial charge in [-0.2, -0.15) is 0 Å². The summed E-state index contributed by atoms with van der Waals surface area (Å²) in [5.74, 6) is 1.39. The molecule has 168 valence electrons. The Hall–Kier alpha value is -2.36.